The van der Waals surface area contributed by atoms with Crippen molar-refractivity contribution in [2.75, 3.05) is 12.8 Å². The van der Waals surface area contributed by atoms with Crippen LogP contribution in [-0.2, 0) is 9.53 Å². The average molecular weight is 312 g/mol. The van der Waals surface area contributed by atoms with Crippen LogP contribution < -0.4 is 5.73 Å². The first-order valence-corrected chi connectivity index (χ1v) is 4.73. The summed E-state index contributed by atoms with van der Waals surface area (Å²) in [5.74, 6) is 0.512. The molecule has 0 amide bonds. The molecule has 0 saturated carbocycles. The minimum absolute atomic E-state index is 0.375. The summed E-state index contributed by atoms with van der Waals surface area (Å²) in [7, 11) is 1.31. The molecular formula is C7H8Br2N2O2. The Balaban J connectivity index is 0.000000310. The number of carbonyl (C=O) groups excluding carboxylic acids is 1. The van der Waals surface area contributed by atoms with Crippen LogP contribution in [0.1, 0.15) is 0 Å². The number of hydrogen-bond acceptors (Lipinski definition) is 4. The molecule has 0 atom stereocenters. The first-order chi connectivity index (χ1) is 6.11. The second kappa shape index (κ2) is 6.85. The van der Waals surface area contributed by atoms with Crippen LogP contribution in [0.25, 0.3) is 0 Å². The monoisotopic (exact) mass is 310 g/mol. The highest BCUT2D eigenvalue weighted by atomic mass is 79.9. The van der Waals surface area contributed by atoms with Crippen molar-refractivity contribution in [3.8, 4) is 0 Å². The van der Waals surface area contributed by atoms with E-state index >= 15 is 0 Å². The first kappa shape index (κ1) is 12.4. The summed E-state index contributed by atoms with van der Waals surface area (Å²) in [5, 5.41) is 0. The molecule has 0 bridgehead atoms. The molecule has 72 valence electrons. The number of rotatable bonds is 1. The summed E-state index contributed by atoms with van der Waals surface area (Å²) in [5.41, 5.74) is 5.41. The molecule has 13 heavy (non-hydrogen) atoms. The van der Waals surface area contributed by atoms with Gasteiger partial charge < -0.3 is 10.5 Å². The minimum atomic E-state index is 0.375. The van der Waals surface area contributed by atoms with Gasteiger partial charge in [-0.1, -0.05) is 0 Å². The van der Waals surface area contributed by atoms with Gasteiger partial charge in [-0.3, -0.25) is 4.79 Å². The third-order valence-corrected chi connectivity index (χ3v) is 2.00. The maximum Gasteiger partial charge on any atom is 0.292 e. The van der Waals surface area contributed by atoms with E-state index in [0.717, 1.165) is 8.95 Å². The molecule has 2 N–H and O–H groups in total. The normalized spacial score (nSPS) is 8.23. The lowest BCUT2D eigenvalue weighted by Gasteiger charge is -1.94. The molecule has 0 aliphatic rings. The number of halogens is 2. The molecule has 0 aliphatic heterocycles. The van der Waals surface area contributed by atoms with Crippen molar-refractivity contribution in [3.63, 3.8) is 0 Å². The third kappa shape index (κ3) is 5.59. The fourth-order valence-electron chi connectivity index (χ4n) is 0.425. The SMILES string of the molecule is COC=O.Nc1ncc(Br)cc1Br. The number of ether oxygens (including phenoxy) is 1. The van der Waals surface area contributed by atoms with E-state index in [2.05, 4.69) is 41.6 Å². The van der Waals surface area contributed by atoms with E-state index in [9.17, 15) is 0 Å². The Hall–Kier alpha value is -0.620. The Bertz CT molecular complexity index is 281. The number of nitrogens with two attached hydrogens (primary N) is 1. The topological polar surface area (TPSA) is 65.2 Å². The van der Waals surface area contributed by atoms with Gasteiger partial charge in [-0.15, -0.1) is 0 Å². The smallest absolute Gasteiger partial charge is 0.292 e. The summed E-state index contributed by atoms with van der Waals surface area (Å²) in [6.07, 6.45) is 1.65. The average Bonchev–Trinajstić information content (AvgIpc) is 2.12. The maximum absolute atomic E-state index is 8.95. The molecule has 0 radical (unpaired) electrons. The molecule has 1 rings (SSSR count). The molecule has 1 aromatic rings. The van der Waals surface area contributed by atoms with E-state index in [1.54, 1.807) is 6.20 Å². The Morgan fingerprint density at radius 2 is 2.15 bits per heavy atom. The minimum Gasteiger partial charge on any atom is -0.471 e. The van der Waals surface area contributed by atoms with E-state index < -0.39 is 0 Å². The molecule has 0 saturated heterocycles. The molecule has 1 heterocycles. The van der Waals surface area contributed by atoms with Crippen molar-refractivity contribution in [3.05, 3.63) is 21.2 Å². The standard InChI is InChI=1S/C5H4Br2N2.C2H4O2/c6-3-1-4(7)5(8)9-2-3;1-4-2-3/h1-2H,(H2,8,9);2H,1H3. The summed E-state index contributed by atoms with van der Waals surface area (Å²) < 4.78 is 5.60. The van der Waals surface area contributed by atoms with Crippen molar-refractivity contribution in [1.29, 1.82) is 0 Å². The third-order valence-electron chi connectivity index (χ3n) is 0.932. The number of carbonyl (C=O) groups is 1. The highest BCUT2D eigenvalue weighted by molar-refractivity contribution is 9.11. The largest absolute Gasteiger partial charge is 0.471 e. The van der Waals surface area contributed by atoms with Gasteiger partial charge in [0.05, 0.1) is 11.6 Å². The quantitative estimate of drug-likeness (QED) is 0.805. The molecule has 4 nitrogen and oxygen atoms in total. The van der Waals surface area contributed by atoms with E-state index in [1.165, 1.54) is 7.11 Å². The molecule has 0 fully saturated rings. The van der Waals surface area contributed by atoms with Crippen LogP contribution in [0.2, 0.25) is 0 Å². The van der Waals surface area contributed by atoms with Crippen molar-refractivity contribution in [1.82, 2.24) is 4.98 Å². The number of nitrogen functional groups attached to an aromatic ring is 1. The van der Waals surface area contributed by atoms with Crippen LogP contribution >= 0.6 is 31.9 Å². The summed E-state index contributed by atoms with van der Waals surface area (Å²) >= 11 is 6.48. The molecule has 1 aromatic heterocycles. The molecule has 0 unspecified atom stereocenters. The molecule has 6 heteroatoms. The van der Waals surface area contributed by atoms with Crippen molar-refractivity contribution < 1.29 is 9.53 Å². The van der Waals surface area contributed by atoms with E-state index in [-0.39, 0.29) is 0 Å². The number of pyridine rings is 1. The van der Waals surface area contributed by atoms with Gasteiger partial charge in [0.15, 0.2) is 0 Å². The molecule has 0 aromatic carbocycles. The summed E-state index contributed by atoms with van der Waals surface area (Å²) in [4.78, 5) is 12.8. The zero-order valence-corrected chi connectivity index (χ0v) is 10.0. The Kier molecular flexibility index (Phi) is 6.52. The van der Waals surface area contributed by atoms with E-state index in [0.29, 0.717) is 12.3 Å². The maximum atomic E-state index is 8.95. The van der Waals surface area contributed by atoms with Crippen LogP contribution in [-0.4, -0.2) is 18.6 Å². The highest BCUT2D eigenvalue weighted by Gasteiger charge is 1.94. The number of aromatic nitrogens is 1. The fourth-order valence-corrected chi connectivity index (χ4v) is 1.41. The van der Waals surface area contributed by atoms with Crippen molar-refractivity contribution in [2.45, 2.75) is 0 Å². The van der Waals surface area contributed by atoms with Gasteiger partial charge in [0.25, 0.3) is 6.47 Å². The number of nitrogens with zero attached hydrogens (tertiary/aromatic N) is 1. The summed E-state index contributed by atoms with van der Waals surface area (Å²) in [6, 6.07) is 1.85. The fraction of sp³-hybridized carbons (Fsp3) is 0.143. The van der Waals surface area contributed by atoms with Crippen molar-refractivity contribution >= 4 is 44.1 Å². The lowest BCUT2D eigenvalue weighted by Crippen LogP contribution is -1.89. The van der Waals surface area contributed by atoms with Gasteiger partial charge in [0.1, 0.15) is 5.82 Å². The van der Waals surface area contributed by atoms with Crippen LogP contribution in [0.15, 0.2) is 21.2 Å². The van der Waals surface area contributed by atoms with Gasteiger partial charge in [-0.25, -0.2) is 4.98 Å². The molecule has 0 spiro atoms. The molecule has 0 aliphatic carbocycles. The molecular weight excluding hydrogens is 304 g/mol. The second-order valence-corrected chi connectivity index (χ2v) is 3.62. The lowest BCUT2D eigenvalue weighted by atomic mass is 10.5. The van der Waals surface area contributed by atoms with Gasteiger partial charge in [0.2, 0.25) is 0 Å². The number of methoxy groups -OCH3 is 1. The summed E-state index contributed by atoms with van der Waals surface area (Å²) in [6.45, 7) is 0.375. The van der Waals surface area contributed by atoms with Crippen LogP contribution in [0, 0.1) is 0 Å². The van der Waals surface area contributed by atoms with Crippen LogP contribution in [0.4, 0.5) is 5.82 Å². The van der Waals surface area contributed by atoms with Gasteiger partial charge in [-0.2, -0.15) is 0 Å². The van der Waals surface area contributed by atoms with Gasteiger partial charge in [0, 0.05) is 10.7 Å². The first-order valence-electron chi connectivity index (χ1n) is 3.14. The predicted octanol–water partition coefficient (Wildman–Crippen LogP) is 1.98. The van der Waals surface area contributed by atoms with E-state index in [4.69, 9.17) is 10.5 Å². The Morgan fingerprint density at radius 1 is 1.62 bits per heavy atom. The zero-order valence-electron chi connectivity index (χ0n) is 6.83. The highest BCUT2D eigenvalue weighted by Crippen LogP contribution is 2.20. The van der Waals surface area contributed by atoms with Crippen LogP contribution in [0.5, 0.6) is 0 Å². The predicted molar refractivity (Wildman–Crippen MR) is 57.1 cm³/mol. The second-order valence-electron chi connectivity index (χ2n) is 1.85. The number of hydrogen-bond donors (Lipinski definition) is 1. The van der Waals surface area contributed by atoms with Crippen molar-refractivity contribution in [2.24, 2.45) is 0 Å². The van der Waals surface area contributed by atoms with Crippen LogP contribution in [0.3, 0.4) is 0 Å². The lowest BCUT2D eigenvalue weighted by molar-refractivity contribution is -0.126. The Labute approximate surface area is 92.7 Å². The zero-order chi connectivity index (χ0) is 10.3. The van der Waals surface area contributed by atoms with Gasteiger partial charge in [-0.05, 0) is 37.9 Å². The van der Waals surface area contributed by atoms with Gasteiger partial charge >= 0.3 is 0 Å². The van der Waals surface area contributed by atoms with E-state index in [1.807, 2.05) is 6.07 Å². The number of anilines is 1. The Morgan fingerprint density at radius 3 is 2.46 bits per heavy atom.